The summed E-state index contributed by atoms with van der Waals surface area (Å²) < 4.78 is 14.1. The third-order valence-corrected chi connectivity index (χ3v) is 14.8. The molecule has 3 aromatic heterocycles. The van der Waals surface area contributed by atoms with Crippen LogP contribution in [0.5, 0.6) is 11.5 Å². The molecule has 364 valence electrons. The number of nitrogens with zero attached hydrogens (tertiary/aromatic N) is 4. The second-order valence-electron chi connectivity index (χ2n) is 25.0. The summed E-state index contributed by atoms with van der Waals surface area (Å²) in [6, 6.07) is 53.1. The lowest BCUT2D eigenvalue weighted by Gasteiger charge is -2.29. The Bertz CT molecular complexity index is 3380. The average molecular weight is 939 g/mol. The van der Waals surface area contributed by atoms with Crippen LogP contribution in [0.15, 0.2) is 158 Å². The zero-order chi connectivity index (χ0) is 51.1. The fourth-order valence-corrected chi connectivity index (χ4v) is 9.99. The SMILES string of the molecule is CC(C)(C)c1cc(Oc2cc(C(C)(C)c3ccccc3)c3c4ccccc4n(-c4cc(C(C)(C)C)ccn4)c3c2)cc(-n2[c-][n+](-c3cc(C(C)(C)C)cc(C(C)(C)C)c3)c(C(C)(C)c3ccccc3)c2)c1. The molecule has 0 spiro atoms. The van der Waals surface area contributed by atoms with Crippen molar-refractivity contribution in [3.05, 3.63) is 209 Å². The van der Waals surface area contributed by atoms with Crippen LogP contribution in [0.1, 0.15) is 155 Å². The van der Waals surface area contributed by atoms with Crippen molar-refractivity contribution in [1.29, 1.82) is 0 Å². The molecule has 5 nitrogen and oxygen atoms in total. The van der Waals surface area contributed by atoms with Crippen molar-refractivity contribution >= 4 is 21.8 Å². The second kappa shape index (κ2) is 17.5. The molecule has 71 heavy (non-hydrogen) atoms. The molecule has 5 heteroatoms. The zero-order valence-electron chi connectivity index (χ0n) is 45.2. The molecule has 0 saturated heterocycles. The highest BCUT2D eigenvalue weighted by molar-refractivity contribution is 6.11. The predicted molar refractivity (Wildman–Crippen MR) is 297 cm³/mol. The maximum Gasteiger partial charge on any atom is 0.269 e. The van der Waals surface area contributed by atoms with Gasteiger partial charge >= 0.3 is 0 Å². The number of ether oxygens (including phenoxy) is 1. The van der Waals surface area contributed by atoms with Crippen LogP contribution >= 0.6 is 0 Å². The molecule has 0 unspecified atom stereocenters. The van der Waals surface area contributed by atoms with Crippen LogP contribution in [0.25, 0.3) is 39.0 Å². The molecule has 6 aromatic carbocycles. The van der Waals surface area contributed by atoms with Crippen molar-refractivity contribution in [3.8, 4) is 28.7 Å². The first-order chi connectivity index (χ1) is 33.2. The van der Waals surface area contributed by atoms with E-state index in [0.29, 0.717) is 0 Å². The summed E-state index contributed by atoms with van der Waals surface area (Å²) in [4.78, 5) is 5.06. The minimum Gasteiger partial charge on any atom is -0.458 e. The van der Waals surface area contributed by atoms with Crippen molar-refractivity contribution in [1.82, 2.24) is 14.1 Å². The topological polar surface area (TPSA) is 35.9 Å². The molecular weight excluding hydrogens is 865 g/mol. The molecule has 0 aliphatic heterocycles. The van der Waals surface area contributed by atoms with Crippen molar-refractivity contribution in [2.75, 3.05) is 0 Å². The second-order valence-corrected chi connectivity index (χ2v) is 25.0. The molecular formula is C66H74N4O. The van der Waals surface area contributed by atoms with Gasteiger partial charge in [-0.2, -0.15) is 0 Å². The van der Waals surface area contributed by atoms with Crippen molar-refractivity contribution < 1.29 is 9.30 Å². The summed E-state index contributed by atoms with van der Waals surface area (Å²) in [5.74, 6) is 2.40. The molecule has 0 aliphatic rings. The van der Waals surface area contributed by atoms with E-state index in [1.165, 1.54) is 44.2 Å². The highest BCUT2D eigenvalue weighted by Gasteiger charge is 2.32. The minimum atomic E-state index is -0.389. The number of aromatic nitrogens is 4. The Balaban J connectivity index is 1.28. The van der Waals surface area contributed by atoms with Crippen LogP contribution in [-0.2, 0) is 32.5 Å². The molecule has 3 heterocycles. The van der Waals surface area contributed by atoms with Gasteiger partial charge in [-0.1, -0.05) is 196 Å². The van der Waals surface area contributed by atoms with Crippen molar-refractivity contribution in [2.45, 2.75) is 143 Å². The van der Waals surface area contributed by atoms with Gasteiger partial charge in [-0.15, -0.1) is 0 Å². The standard InChI is InChI=1S/C66H74N4O/c1-61(2,3)46-31-32-67-59(38-46)70-56-30-24-23-29-54(56)60-55(65(13,14)44-25-19-17-20-26-44)40-53(41-57(60)70)71-52-37-49(64(10,11)12)34-50(39-52)68-42-58(66(15,16)45-27-21-18-22-28-45)69(43-68)51-35-47(62(4,5)6)33-48(36-51)63(7,8)9/h17-42H,1-16H3. The molecule has 0 amide bonds. The normalized spacial score (nSPS) is 13.1. The quantitative estimate of drug-likeness (QED) is 0.107. The molecule has 0 atom stereocenters. The van der Waals surface area contributed by atoms with Gasteiger partial charge in [0.05, 0.1) is 28.1 Å². The van der Waals surface area contributed by atoms with Crippen LogP contribution in [0.3, 0.4) is 0 Å². The maximum absolute atomic E-state index is 7.32. The lowest BCUT2D eigenvalue weighted by atomic mass is 9.76. The van der Waals surface area contributed by atoms with Crippen LogP contribution in [-0.4, -0.2) is 14.1 Å². The maximum atomic E-state index is 7.32. The number of hydrogen-bond acceptors (Lipinski definition) is 2. The van der Waals surface area contributed by atoms with Gasteiger partial charge in [0.25, 0.3) is 6.33 Å². The third kappa shape index (κ3) is 9.49. The number of fused-ring (bicyclic) bond motifs is 3. The molecule has 0 saturated carbocycles. The van der Waals surface area contributed by atoms with Gasteiger partial charge in [0.1, 0.15) is 17.3 Å². The average Bonchev–Trinajstić information content (AvgIpc) is 3.92. The molecule has 9 rings (SSSR count). The van der Waals surface area contributed by atoms with E-state index in [9.17, 15) is 0 Å². The van der Waals surface area contributed by atoms with E-state index in [1.54, 1.807) is 0 Å². The van der Waals surface area contributed by atoms with Gasteiger partial charge in [0.15, 0.2) is 0 Å². The van der Waals surface area contributed by atoms with E-state index in [-0.39, 0.29) is 32.5 Å². The Hall–Kier alpha value is -6.72. The third-order valence-electron chi connectivity index (χ3n) is 14.8. The summed E-state index contributed by atoms with van der Waals surface area (Å²) in [5, 5.41) is 2.38. The van der Waals surface area contributed by atoms with Crippen LogP contribution in [0, 0.1) is 6.33 Å². The van der Waals surface area contributed by atoms with Gasteiger partial charge < -0.3 is 4.74 Å². The number of rotatable bonds is 9. The summed E-state index contributed by atoms with van der Waals surface area (Å²) in [6.07, 6.45) is 8.14. The first-order valence-electron chi connectivity index (χ1n) is 25.4. The lowest BCUT2D eigenvalue weighted by Crippen LogP contribution is -2.41. The van der Waals surface area contributed by atoms with Crippen LogP contribution < -0.4 is 9.30 Å². The Morgan fingerprint density at radius 2 is 1.00 bits per heavy atom. The molecule has 0 N–H and O–H groups in total. The van der Waals surface area contributed by atoms with Crippen LogP contribution in [0.4, 0.5) is 0 Å². The monoisotopic (exact) mass is 939 g/mol. The zero-order valence-corrected chi connectivity index (χ0v) is 45.2. The molecule has 0 fully saturated rings. The van der Waals surface area contributed by atoms with Gasteiger partial charge in [0, 0.05) is 40.1 Å². The summed E-state index contributed by atoms with van der Waals surface area (Å²) in [5.41, 5.74) is 12.9. The Kier molecular flexibility index (Phi) is 12.2. The van der Waals surface area contributed by atoms with E-state index in [1.807, 2.05) is 6.20 Å². The van der Waals surface area contributed by atoms with E-state index in [4.69, 9.17) is 9.72 Å². The molecule has 0 bridgehead atoms. The first-order valence-corrected chi connectivity index (χ1v) is 25.4. The first kappa shape index (κ1) is 49.3. The number of hydrogen-bond donors (Lipinski definition) is 0. The highest BCUT2D eigenvalue weighted by Crippen LogP contribution is 2.45. The fourth-order valence-electron chi connectivity index (χ4n) is 9.99. The van der Waals surface area contributed by atoms with E-state index in [2.05, 4.69) is 283 Å². The van der Waals surface area contributed by atoms with Gasteiger partial charge in [0.2, 0.25) is 0 Å². The Morgan fingerprint density at radius 3 is 1.59 bits per heavy atom. The number of imidazole rings is 1. The predicted octanol–water partition coefficient (Wildman–Crippen LogP) is 16.7. The van der Waals surface area contributed by atoms with E-state index >= 15 is 0 Å². The van der Waals surface area contributed by atoms with Crippen molar-refractivity contribution in [3.63, 3.8) is 0 Å². The smallest absolute Gasteiger partial charge is 0.269 e. The van der Waals surface area contributed by atoms with E-state index in [0.717, 1.165) is 51.0 Å². The lowest BCUT2D eigenvalue weighted by molar-refractivity contribution is -0.611. The molecule has 0 radical (unpaired) electrons. The van der Waals surface area contributed by atoms with Gasteiger partial charge in [-0.05, 0) is 115 Å². The largest absolute Gasteiger partial charge is 0.458 e. The van der Waals surface area contributed by atoms with Crippen LogP contribution in [0.2, 0.25) is 0 Å². The highest BCUT2D eigenvalue weighted by atomic mass is 16.5. The molecule has 9 aromatic rings. The number of para-hydroxylation sites is 1. The minimum absolute atomic E-state index is 0.0535. The Morgan fingerprint density at radius 1 is 0.465 bits per heavy atom. The number of pyridine rings is 1. The number of benzene rings is 6. The fraction of sp³-hybridized carbons (Fsp3) is 0.333. The summed E-state index contributed by atoms with van der Waals surface area (Å²) >= 11 is 0. The summed E-state index contributed by atoms with van der Waals surface area (Å²) in [6.45, 7) is 36.7. The van der Waals surface area contributed by atoms with Gasteiger partial charge in [-0.25, -0.2) is 4.98 Å². The van der Waals surface area contributed by atoms with Crippen molar-refractivity contribution in [2.24, 2.45) is 0 Å². The van der Waals surface area contributed by atoms with Gasteiger partial charge in [-0.3, -0.25) is 13.7 Å². The summed E-state index contributed by atoms with van der Waals surface area (Å²) in [7, 11) is 0. The van der Waals surface area contributed by atoms with E-state index < -0.39 is 0 Å². The Labute approximate surface area is 424 Å². The molecule has 0 aliphatic carbocycles.